The van der Waals surface area contributed by atoms with Crippen molar-refractivity contribution >= 4 is 0 Å². The van der Waals surface area contributed by atoms with E-state index in [2.05, 4.69) is 67.5 Å². The average molecular weight is 713 g/mol. The van der Waals surface area contributed by atoms with Gasteiger partial charge >= 0.3 is 0 Å². The highest BCUT2D eigenvalue weighted by atomic mass is 14.2. The molecule has 0 aliphatic heterocycles. The van der Waals surface area contributed by atoms with Gasteiger partial charge in [-0.3, -0.25) is 0 Å². The third-order valence-electron chi connectivity index (χ3n) is 8.82. The SMILES string of the molecule is CC.CC.CC.CC.CC.CC.CC.CC.CC(C)C1=CCCC1.CC(C)C1=CCCCC1.CC(C)C1CCCC1.CC(C)C1CCCCC1. The minimum Gasteiger partial charge on any atom is -0.0851 e. The van der Waals surface area contributed by atoms with Crippen LogP contribution >= 0.6 is 0 Å². The Kier molecular flexibility index (Phi) is 85.9. The van der Waals surface area contributed by atoms with Crippen molar-refractivity contribution in [1.82, 2.24) is 0 Å². The van der Waals surface area contributed by atoms with Gasteiger partial charge in [-0.2, -0.15) is 0 Å². The highest BCUT2D eigenvalue weighted by molar-refractivity contribution is 5.09. The maximum absolute atomic E-state index is 2.42. The fourth-order valence-corrected chi connectivity index (χ4v) is 6.03. The van der Waals surface area contributed by atoms with Crippen LogP contribution in [0.15, 0.2) is 23.3 Å². The van der Waals surface area contributed by atoms with Crippen molar-refractivity contribution in [2.45, 2.75) is 269 Å². The molecule has 0 atom stereocenters. The van der Waals surface area contributed by atoms with Crippen LogP contribution in [0.3, 0.4) is 0 Å². The van der Waals surface area contributed by atoms with Crippen molar-refractivity contribution < 1.29 is 0 Å². The van der Waals surface area contributed by atoms with E-state index >= 15 is 0 Å². The van der Waals surface area contributed by atoms with Gasteiger partial charge in [-0.25, -0.2) is 0 Å². The molecule has 0 heteroatoms. The molecule has 0 saturated heterocycles. The monoisotopic (exact) mass is 713 g/mol. The molecule has 0 N–H and O–H groups in total. The van der Waals surface area contributed by atoms with Crippen LogP contribution in [0.2, 0.25) is 0 Å². The van der Waals surface area contributed by atoms with Crippen molar-refractivity contribution in [2.75, 3.05) is 0 Å². The summed E-state index contributed by atoms with van der Waals surface area (Å²) in [5.74, 6) is 5.60. The van der Waals surface area contributed by atoms with Gasteiger partial charge in [0.15, 0.2) is 0 Å². The van der Waals surface area contributed by atoms with Crippen LogP contribution in [0.1, 0.15) is 269 Å². The topological polar surface area (TPSA) is 0 Å². The first-order chi connectivity index (χ1) is 24.2. The second-order valence-electron chi connectivity index (χ2n) is 12.9. The van der Waals surface area contributed by atoms with Crippen LogP contribution in [-0.4, -0.2) is 0 Å². The van der Waals surface area contributed by atoms with Gasteiger partial charge in [-0.1, -0.05) is 247 Å². The van der Waals surface area contributed by atoms with E-state index < -0.39 is 0 Å². The van der Waals surface area contributed by atoms with E-state index in [0.29, 0.717) is 0 Å². The van der Waals surface area contributed by atoms with Gasteiger partial charge in [0.25, 0.3) is 0 Å². The first kappa shape index (κ1) is 67.6. The van der Waals surface area contributed by atoms with Crippen LogP contribution in [0.5, 0.6) is 0 Å². The van der Waals surface area contributed by atoms with Crippen LogP contribution in [-0.2, 0) is 0 Å². The highest BCUT2D eigenvalue weighted by Gasteiger charge is 2.17. The third kappa shape index (κ3) is 49.6. The molecule has 0 aromatic heterocycles. The summed E-state index contributed by atoms with van der Waals surface area (Å²) in [4.78, 5) is 0. The van der Waals surface area contributed by atoms with Gasteiger partial charge in [-0.05, 0) is 80.5 Å². The molecule has 0 nitrogen and oxygen atoms in total. The van der Waals surface area contributed by atoms with E-state index in [-0.39, 0.29) is 0 Å². The predicted octanol–water partition coefficient (Wildman–Crippen LogP) is 20.2. The van der Waals surface area contributed by atoms with E-state index in [1.165, 1.54) is 103 Å². The number of hydrogen-bond donors (Lipinski definition) is 0. The molecule has 0 heterocycles. The van der Waals surface area contributed by atoms with Crippen molar-refractivity contribution in [3.63, 3.8) is 0 Å². The van der Waals surface area contributed by atoms with Crippen molar-refractivity contribution in [2.24, 2.45) is 35.5 Å². The average Bonchev–Trinajstić information content (AvgIpc) is 3.96. The van der Waals surface area contributed by atoms with Crippen LogP contribution in [0, 0.1) is 35.5 Å². The largest absolute Gasteiger partial charge is 0.0851 e. The second kappa shape index (κ2) is 63.5. The molecule has 0 radical (unpaired) electrons. The lowest BCUT2D eigenvalue weighted by molar-refractivity contribution is 0.279. The summed E-state index contributed by atoms with van der Waals surface area (Å²) in [5.41, 5.74) is 3.35. The molecule has 312 valence electrons. The minimum atomic E-state index is 0.797. The van der Waals surface area contributed by atoms with E-state index in [4.69, 9.17) is 0 Å². The Hall–Kier alpha value is -0.520. The fourth-order valence-electron chi connectivity index (χ4n) is 6.03. The van der Waals surface area contributed by atoms with Crippen LogP contribution in [0.25, 0.3) is 0 Å². The number of rotatable bonds is 4. The summed E-state index contributed by atoms with van der Waals surface area (Å²) in [6.45, 7) is 50.5. The van der Waals surface area contributed by atoms with E-state index in [1.54, 1.807) is 11.1 Å². The molecule has 0 bridgehead atoms. The Morgan fingerprint density at radius 2 is 0.600 bits per heavy atom. The zero-order chi connectivity index (χ0) is 41.3. The van der Waals surface area contributed by atoms with Gasteiger partial charge in [0.2, 0.25) is 0 Å². The quantitative estimate of drug-likeness (QED) is 0.255. The molecule has 4 rings (SSSR count). The van der Waals surface area contributed by atoms with E-state index in [0.717, 1.165) is 35.5 Å². The third-order valence-corrected chi connectivity index (χ3v) is 8.82. The van der Waals surface area contributed by atoms with Gasteiger partial charge in [0.05, 0.1) is 0 Å². The summed E-state index contributed by atoms with van der Waals surface area (Å²) in [6.07, 6.45) is 27.9. The fraction of sp³-hybridized carbons (Fsp3) is 0.920. The summed E-state index contributed by atoms with van der Waals surface area (Å²) in [7, 11) is 0. The number of allylic oxidation sites excluding steroid dienone is 4. The Bertz CT molecular complexity index is 532. The molecule has 50 heavy (non-hydrogen) atoms. The molecule has 2 fully saturated rings. The van der Waals surface area contributed by atoms with E-state index in [9.17, 15) is 0 Å². The lowest BCUT2D eigenvalue weighted by Crippen LogP contribution is -2.12. The van der Waals surface area contributed by atoms with Crippen LogP contribution < -0.4 is 0 Å². The van der Waals surface area contributed by atoms with Crippen molar-refractivity contribution in [3.8, 4) is 0 Å². The normalized spacial score (nSPS) is 15.5. The molecule has 4 aliphatic rings. The predicted molar refractivity (Wildman–Crippen MR) is 247 cm³/mol. The molecule has 4 aliphatic carbocycles. The second-order valence-corrected chi connectivity index (χ2v) is 12.9. The summed E-state index contributed by atoms with van der Waals surface area (Å²) < 4.78 is 0. The smallest absolute Gasteiger partial charge is 0.0260 e. The minimum absolute atomic E-state index is 0.797. The summed E-state index contributed by atoms with van der Waals surface area (Å²) in [6, 6.07) is 0. The zero-order valence-electron chi connectivity index (χ0n) is 40.9. The first-order valence-electron chi connectivity index (χ1n) is 23.6. The van der Waals surface area contributed by atoms with Crippen molar-refractivity contribution in [1.29, 1.82) is 0 Å². The molecule has 0 spiro atoms. The van der Waals surface area contributed by atoms with Crippen molar-refractivity contribution in [3.05, 3.63) is 23.3 Å². The molecule has 0 unspecified atom stereocenters. The standard InChI is InChI=1S/C9H18.C9H16.C8H16.C8H14.8C2H6/c2*1-8(2)9-6-4-3-5-7-9;2*1-7(2)8-5-3-4-6-8;8*1-2/h8-9H,3-7H2,1-2H3;6,8H,3-5,7H2,1-2H3;7-8H,3-6H2,1-2H3;5,7H,3-4,6H2,1-2H3;8*1-2H3. The lowest BCUT2D eigenvalue weighted by atomic mass is 9.82. The van der Waals surface area contributed by atoms with Gasteiger partial charge < -0.3 is 0 Å². The molecule has 2 saturated carbocycles. The maximum Gasteiger partial charge on any atom is -0.0260 e. The maximum atomic E-state index is 2.42. The van der Waals surface area contributed by atoms with Gasteiger partial charge in [-0.15, -0.1) is 0 Å². The Balaban J connectivity index is -0.0000000691. The Labute approximate surface area is 326 Å². The number of hydrogen-bond acceptors (Lipinski definition) is 0. The summed E-state index contributed by atoms with van der Waals surface area (Å²) in [5, 5.41) is 0. The van der Waals surface area contributed by atoms with Gasteiger partial charge in [0, 0.05) is 0 Å². The highest BCUT2D eigenvalue weighted by Crippen LogP contribution is 2.31. The Morgan fingerprint density at radius 3 is 0.780 bits per heavy atom. The molecule has 0 aromatic rings. The Morgan fingerprint density at radius 1 is 0.340 bits per heavy atom. The molecule has 0 amide bonds. The molecular weight excluding hydrogens is 601 g/mol. The first-order valence-corrected chi connectivity index (χ1v) is 23.6. The molecular formula is C50H112. The van der Waals surface area contributed by atoms with Crippen LogP contribution in [0.4, 0.5) is 0 Å². The van der Waals surface area contributed by atoms with Gasteiger partial charge in [0.1, 0.15) is 0 Å². The van der Waals surface area contributed by atoms with E-state index in [1.807, 2.05) is 111 Å². The lowest BCUT2D eigenvalue weighted by Gasteiger charge is -2.24. The zero-order valence-corrected chi connectivity index (χ0v) is 40.9. The summed E-state index contributed by atoms with van der Waals surface area (Å²) >= 11 is 0. The molecule has 0 aromatic carbocycles.